The Hall–Kier alpha value is -3.18. The predicted octanol–water partition coefficient (Wildman–Crippen LogP) is 3.65. The van der Waals surface area contributed by atoms with Crippen LogP contribution in [0.5, 0.6) is 5.75 Å². The maximum Gasteiger partial charge on any atom is 0.261 e. The first-order valence-electron chi connectivity index (χ1n) is 12.1. The number of nitrogens with zero attached hydrogens (tertiary/aromatic N) is 2. The van der Waals surface area contributed by atoms with Crippen LogP contribution in [0.1, 0.15) is 64.5 Å². The molecule has 1 fully saturated rings. The third-order valence-electron chi connectivity index (χ3n) is 6.84. The molecule has 4 rings (SSSR count). The molecule has 1 aliphatic carbocycles. The summed E-state index contributed by atoms with van der Waals surface area (Å²) in [5.41, 5.74) is 14.8. The molecule has 1 heterocycles. The fourth-order valence-electron chi connectivity index (χ4n) is 4.93. The van der Waals surface area contributed by atoms with Gasteiger partial charge in [0.15, 0.2) is 0 Å². The molecule has 11 heteroatoms. The van der Waals surface area contributed by atoms with E-state index < -0.39 is 18.0 Å². The van der Waals surface area contributed by atoms with Gasteiger partial charge in [0.05, 0.1) is 17.8 Å². The van der Waals surface area contributed by atoms with Gasteiger partial charge in [0.2, 0.25) is 0 Å². The van der Waals surface area contributed by atoms with Gasteiger partial charge in [-0.25, -0.2) is 4.39 Å². The first-order chi connectivity index (χ1) is 17.7. The molecule has 1 saturated carbocycles. The number of aromatic nitrogens is 2. The minimum Gasteiger partial charge on any atom is -0.496 e. The van der Waals surface area contributed by atoms with Gasteiger partial charge in [0, 0.05) is 31.7 Å². The standard InChI is InChI=1S/C26H32ClFN6O3/c1-34-24(30)22(26(36)32-17-6-8-20(28)19(27)13-17)23(33-34)15-4-3-14(11-15)18-7-5-16(12-21(18)37-2)25(35)31-10-9-29/h5-8,12-15,25,31,35H,3-4,9-11,29-30H2,1-2H3,(H,32,36). The number of carbonyl (C=O) groups excluding carboxylic acids is 1. The number of methoxy groups -OCH3 is 1. The molecular formula is C26H32ClFN6O3. The Labute approximate surface area is 219 Å². The van der Waals surface area contributed by atoms with E-state index in [1.54, 1.807) is 14.2 Å². The number of hydrogen-bond donors (Lipinski definition) is 5. The average Bonchev–Trinajstić information content (AvgIpc) is 3.49. The molecule has 1 amide bonds. The molecule has 198 valence electrons. The van der Waals surface area contributed by atoms with Gasteiger partial charge in [-0.2, -0.15) is 5.10 Å². The van der Waals surface area contributed by atoms with E-state index in [1.807, 2.05) is 18.2 Å². The zero-order valence-corrected chi connectivity index (χ0v) is 21.6. The number of nitrogens with one attached hydrogen (secondary N) is 2. The number of aliphatic hydroxyl groups excluding tert-OH is 1. The normalized spacial score (nSPS) is 18.1. The van der Waals surface area contributed by atoms with Gasteiger partial charge in [0.25, 0.3) is 5.91 Å². The predicted molar refractivity (Wildman–Crippen MR) is 141 cm³/mol. The number of ether oxygens (including phenoxy) is 1. The number of carbonyl (C=O) groups is 1. The van der Waals surface area contributed by atoms with E-state index in [-0.39, 0.29) is 22.7 Å². The van der Waals surface area contributed by atoms with Crippen molar-refractivity contribution >= 4 is 29.0 Å². The van der Waals surface area contributed by atoms with E-state index in [4.69, 9.17) is 27.8 Å². The monoisotopic (exact) mass is 530 g/mol. The number of nitrogens with two attached hydrogens (primary N) is 2. The molecule has 3 aromatic rings. The summed E-state index contributed by atoms with van der Waals surface area (Å²) in [6.45, 7) is 0.915. The molecule has 0 bridgehead atoms. The van der Waals surface area contributed by atoms with E-state index in [0.717, 1.165) is 24.8 Å². The fourth-order valence-corrected chi connectivity index (χ4v) is 5.11. The molecule has 37 heavy (non-hydrogen) atoms. The lowest BCUT2D eigenvalue weighted by Gasteiger charge is -2.19. The van der Waals surface area contributed by atoms with Crippen LogP contribution < -0.4 is 26.8 Å². The third-order valence-corrected chi connectivity index (χ3v) is 7.13. The Balaban J connectivity index is 1.54. The zero-order chi connectivity index (χ0) is 26.7. The van der Waals surface area contributed by atoms with E-state index in [2.05, 4.69) is 15.7 Å². The highest BCUT2D eigenvalue weighted by Crippen LogP contribution is 2.47. The lowest BCUT2D eigenvalue weighted by Crippen LogP contribution is -2.27. The van der Waals surface area contributed by atoms with Gasteiger partial charge in [-0.3, -0.25) is 14.8 Å². The van der Waals surface area contributed by atoms with Crippen molar-refractivity contribution in [1.82, 2.24) is 15.1 Å². The first kappa shape index (κ1) is 26.9. The molecule has 1 aromatic heterocycles. The van der Waals surface area contributed by atoms with Gasteiger partial charge >= 0.3 is 0 Å². The van der Waals surface area contributed by atoms with Crippen LogP contribution in [-0.2, 0) is 7.05 Å². The van der Waals surface area contributed by atoms with Crippen LogP contribution in [0.4, 0.5) is 15.9 Å². The summed E-state index contributed by atoms with van der Waals surface area (Å²) in [6, 6.07) is 9.68. The summed E-state index contributed by atoms with van der Waals surface area (Å²) >= 11 is 5.86. The second kappa shape index (κ2) is 11.5. The fraction of sp³-hybridized carbons (Fsp3) is 0.385. The smallest absolute Gasteiger partial charge is 0.261 e. The van der Waals surface area contributed by atoms with Gasteiger partial charge in [-0.15, -0.1) is 0 Å². The van der Waals surface area contributed by atoms with Gasteiger partial charge in [-0.1, -0.05) is 23.7 Å². The molecule has 3 atom stereocenters. The highest BCUT2D eigenvalue weighted by atomic mass is 35.5. The Kier molecular flexibility index (Phi) is 8.33. The maximum atomic E-state index is 13.5. The van der Waals surface area contributed by atoms with Gasteiger partial charge in [0.1, 0.15) is 29.2 Å². The zero-order valence-electron chi connectivity index (χ0n) is 20.8. The second-order valence-corrected chi connectivity index (χ2v) is 9.61. The van der Waals surface area contributed by atoms with Crippen molar-refractivity contribution in [1.29, 1.82) is 0 Å². The van der Waals surface area contributed by atoms with E-state index >= 15 is 0 Å². The van der Waals surface area contributed by atoms with Crippen molar-refractivity contribution < 1.29 is 19.0 Å². The molecule has 0 radical (unpaired) electrons. The third kappa shape index (κ3) is 5.72. The Morgan fingerprint density at radius 2 is 2.05 bits per heavy atom. The number of hydrogen-bond acceptors (Lipinski definition) is 7. The number of amides is 1. The molecule has 3 unspecified atom stereocenters. The van der Waals surface area contributed by atoms with Crippen LogP contribution in [0.3, 0.4) is 0 Å². The van der Waals surface area contributed by atoms with Gasteiger partial charge < -0.3 is 26.6 Å². The summed E-state index contributed by atoms with van der Waals surface area (Å²) in [5.74, 6) is 0.148. The summed E-state index contributed by atoms with van der Waals surface area (Å²) in [6.07, 6.45) is 1.61. The second-order valence-electron chi connectivity index (χ2n) is 9.21. The number of halogens is 2. The van der Waals surface area contributed by atoms with Crippen molar-refractivity contribution in [2.24, 2.45) is 12.8 Å². The first-order valence-corrected chi connectivity index (χ1v) is 12.5. The van der Waals surface area contributed by atoms with Crippen LogP contribution in [0.2, 0.25) is 5.02 Å². The summed E-state index contributed by atoms with van der Waals surface area (Å²) in [4.78, 5) is 13.2. The number of aliphatic hydroxyl groups is 1. The van der Waals surface area contributed by atoms with E-state index in [9.17, 15) is 14.3 Å². The Bertz CT molecular complexity index is 1280. The SMILES string of the molecule is COc1cc(C(O)NCCN)ccc1C1CCC(c2nn(C)c(N)c2C(=O)Nc2ccc(F)c(Cl)c2)C1. The quantitative estimate of drug-likeness (QED) is 0.266. The van der Waals surface area contributed by atoms with E-state index in [1.165, 1.54) is 22.9 Å². The molecule has 9 nitrogen and oxygen atoms in total. The number of benzene rings is 2. The van der Waals surface area contributed by atoms with Crippen molar-refractivity contribution in [3.8, 4) is 5.75 Å². The topological polar surface area (TPSA) is 140 Å². The van der Waals surface area contributed by atoms with Crippen LogP contribution in [0.25, 0.3) is 0 Å². The lowest BCUT2D eigenvalue weighted by atomic mass is 9.92. The molecular weight excluding hydrogens is 499 g/mol. The molecule has 2 aromatic carbocycles. The minimum absolute atomic E-state index is 0.00671. The van der Waals surface area contributed by atoms with Crippen LogP contribution in [0.15, 0.2) is 36.4 Å². The summed E-state index contributed by atoms with van der Waals surface area (Å²) in [7, 11) is 3.31. The summed E-state index contributed by atoms with van der Waals surface area (Å²) < 4.78 is 20.7. The van der Waals surface area contributed by atoms with Crippen molar-refractivity contribution in [3.63, 3.8) is 0 Å². The largest absolute Gasteiger partial charge is 0.496 e. The molecule has 0 spiro atoms. The maximum absolute atomic E-state index is 13.5. The number of rotatable bonds is 9. The average molecular weight is 531 g/mol. The van der Waals surface area contributed by atoms with Crippen molar-refractivity contribution in [2.45, 2.75) is 37.3 Å². The van der Waals surface area contributed by atoms with E-state index in [0.29, 0.717) is 41.3 Å². The number of nitrogen functional groups attached to an aromatic ring is 1. The van der Waals surface area contributed by atoms with Crippen molar-refractivity contribution in [2.75, 3.05) is 31.2 Å². The number of anilines is 2. The molecule has 0 saturated heterocycles. The molecule has 7 N–H and O–H groups in total. The van der Waals surface area contributed by atoms with Crippen LogP contribution in [-0.4, -0.2) is 41.0 Å². The number of aryl methyl sites for hydroxylation is 1. The van der Waals surface area contributed by atoms with Crippen LogP contribution >= 0.6 is 11.6 Å². The summed E-state index contributed by atoms with van der Waals surface area (Å²) in [5, 5.41) is 20.6. The Morgan fingerprint density at radius 1 is 1.30 bits per heavy atom. The van der Waals surface area contributed by atoms with Crippen molar-refractivity contribution in [3.05, 3.63) is 69.6 Å². The highest BCUT2D eigenvalue weighted by Gasteiger charge is 2.34. The van der Waals surface area contributed by atoms with Crippen LogP contribution in [0, 0.1) is 5.82 Å². The minimum atomic E-state index is -0.837. The molecule has 0 aliphatic heterocycles. The molecule has 1 aliphatic rings. The highest BCUT2D eigenvalue weighted by molar-refractivity contribution is 6.31. The lowest BCUT2D eigenvalue weighted by molar-refractivity contribution is 0.102. The Morgan fingerprint density at radius 3 is 2.76 bits per heavy atom. The van der Waals surface area contributed by atoms with Gasteiger partial charge in [-0.05, 0) is 60.6 Å².